The molecule has 32 heavy (non-hydrogen) atoms. The Kier molecular flexibility index (Phi) is 8.58. The topological polar surface area (TPSA) is 84.5 Å². The lowest BCUT2D eigenvalue weighted by Crippen LogP contribution is -2.26. The van der Waals surface area contributed by atoms with Crippen LogP contribution < -0.4 is 10.0 Å². The normalized spacial score (nSPS) is 11.4. The molecule has 6 nitrogen and oxygen atoms in total. The Morgan fingerprint density at radius 1 is 1.00 bits per heavy atom. The molecule has 0 radical (unpaired) electrons. The van der Waals surface area contributed by atoms with Gasteiger partial charge in [-0.25, -0.2) is 13.1 Å². The maximum absolute atomic E-state index is 12.6. The van der Waals surface area contributed by atoms with Crippen molar-refractivity contribution in [2.75, 3.05) is 25.6 Å². The van der Waals surface area contributed by atoms with Crippen molar-refractivity contribution >= 4 is 33.0 Å². The van der Waals surface area contributed by atoms with Crippen LogP contribution in [0.1, 0.15) is 35.7 Å². The second-order valence-electron chi connectivity index (χ2n) is 7.34. The van der Waals surface area contributed by atoms with Gasteiger partial charge in [-0.3, -0.25) is 4.79 Å². The Morgan fingerprint density at radius 3 is 2.38 bits per heavy atom. The number of amides is 1. The Morgan fingerprint density at radius 2 is 1.72 bits per heavy atom. The molecule has 1 amide bonds. The summed E-state index contributed by atoms with van der Waals surface area (Å²) in [6.45, 7) is 2.70. The lowest BCUT2D eigenvalue weighted by atomic mass is 10.1. The molecule has 2 N–H and O–H groups in total. The van der Waals surface area contributed by atoms with Crippen LogP contribution in [0.2, 0.25) is 0 Å². The van der Waals surface area contributed by atoms with E-state index in [0.29, 0.717) is 12.2 Å². The molecule has 2 aromatic carbocycles. The van der Waals surface area contributed by atoms with Gasteiger partial charge in [-0.1, -0.05) is 37.6 Å². The SMILES string of the molecule is CCCCc1ccc(NC(=O)c2ccc(-c3ccc(S(=O)(=O)NCCOC)s3)cc2)cc1. The van der Waals surface area contributed by atoms with Crippen LogP contribution in [0, 0.1) is 0 Å². The number of rotatable bonds is 11. The third-order valence-electron chi connectivity index (χ3n) is 4.91. The molecule has 1 heterocycles. The predicted octanol–water partition coefficient (Wildman–Crippen LogP) is 4.93. The summed E-state index contributed by atoms with van der Waals surface area (Å²) >= 11 is 1.18. The maximum Gasteiger partial charge on any atom is 0.255 e. The number of methoxy groups -OCH3 is 1. The quantitative estimate of drug-likeness (QED) is 0.387. The molecule has 0 aliphatic heterocycles. The first-order valence-corrected chi connectivity index (χ1v) is 12.8. The highest BCUT2D eigenvalue weighted by Crippen LogP contribution is 2.31. The van der Waals surface area contributed by atoms with Crippen LogP contribution in [-0.2, 0) is 21.2 Å². The summed E-state index contributed by atoms with van der Waals surface area (Å²) in [5.74, 6) is -0.186. The average Bonchev–Trinajstić information content (AvgIpc) is 3.30. The van der Waals surface area contributed by atoms with E-state index in [0.717, 1.165) is 35.4 Å². The molecule has 0 unspecified atom stereocenters. The summed E-state index contributed by atoms with van der Waals surface area (Å²) in [7, 11) is -2.04. The molecule has 0 fully saturated rings. The number of unbranched alkanes of at least 4 members (excludes halogenated alkanes) is 1. The highest BCUT2D eigenvalue weighted by molar-refractivity contribution is 7.91. The van der Waals surface area contributed by atoms with Crippen molar-refractivity contribution in [3.63, 3.8) is 0 Å². The van der Waals surface area contributed by atoms with Crippen molar-refractivity contribution in [3.8, 4) is 10.4 Å². The minimum absolute atomic E-state index is 0.186. The van der Waals surface area contributed by atoms with Crippen LogP contribution in [0.25, 0.3) is 10.4 Å². The van der Waals surface area contributed by atoms with Crippen molar-refractivity contribution in [3.05, 3.63) is 71.8 Å². The molecule has 0 spiro atoms. The van der Waals surface area contributed by atoms with Crippen molar-refractivity contribution < 1.29 is 17.9 Å². The van der Waals surface area contributed by atoms with E-state index in [4.69, 9.17) is 4.74 Å². The van der Waals surface area contributed by atoms with Crippen LogP contribution in [-0.4, -0.2) is 34.6 Å². The van der Waals surface area contributed by atoms with Crippen molar-refractivity contribution in [2.45, 2.75) is 30.4 Å². The number of hydrogen-bond donors (Lipinski definition) is 2. The standard InChI is InChI=1S/C24H28N2O4S2/c1-3-4-5-18-6-12-21(13-7-18)26-24(27)20-10-8-19(9-11-20)22-14-15-23(31-22)32(28,29)25-16-17-30-2/h6-15,25H,3-5,16-17H2,1-2H3,(H,26,27). The smallest absolute Gasteiger partial charge is 0.255 e. The number of aryl methyl sites for hydroxylation is 1. The number of hydrogen-bond acceptors (Lipinski definition) is 5. The Balaban J connectivity index is 1.63. The van der Waals surface area contributed by atoms with Gasteiger partial charge in [-0.05, 0) is 60.4 Å². The fourth-order valence-corrected chi connectivity index (χ4v) is 5.46. The number of ether oxygens (including phenoxy) is 1. The summed E-state index contributed by atoms with van der Waals surface area (Å²) in [4.78, 5) is 13.4. The molecular weight excluding hydrogens is 444 g/mol. The highest BCUT2D eigenvalue weighted by atomic mass is 32.2. The molecule has 0 aliphatic carbocycles. The van der Waals surface area contributed by atoms with Gasteiger partial charge in [-0.15, -0.1) is 11.3 Å². The van der Waals surface area contributed by atoms with Crippen LogP contribution in [0.4, 0.5) is 5.69 Å². The minimum atomic E-state index is -3.56. The van der Waals surface area contributed by atoms with E-state index >= 15 is 0 Å². The van der Waals surface area contributed by atoms with Crippen molar-refractivity contribution in [1.29, 1.82) is 0 Å². The van der Waals surface area contributed by atoms with E-state index in [1.165, 1.54) is 24.0 Å². The summed E-state index contributed by atoms with van der Waals surface area (Å²) in [5.41, 5.74) is 3.41. The third-order valence-corrected chi connectivity index (χ3v) is 7.99. The summed E-state index contributed by atoms with van der Waals surface area (Å²) in [5, 5.41) is 2.91. The second kappa shape index (κ2) is 11.4. The van der Waals surface area contributed by atoms with E-state index in [1.807, 2.05) is 36.4 Å². The van der Waals surface area contributed by atoms with Gasteiger partial charge in [0, 0.05) is 29.8 Å². The largest absolute Gasteiger partial charge is 0.383 e. The maximum atomic E-state index is 12.6. The Hall–Kier alpha value is -2.52. The molecule has 0 saturated heterocycles. The second-order valence-corrected chi connectivity index (χ2v) is 10.4. The lowest BCUT2D eigenvalue weighted by molar-refractivity contribution is 0.102. The monoisotopic (exact) mass is 472 g/mol. The van der Waals surface area contributed by atoms with Gasteiger partial charge in [0.05, 0.1) is 6.61 Å². The van der Waals surface area contributed by atoms with Gasteiger partial charge < -0.3 is 10.1 Å². The lowest BCUT2D eigenvalue weighted by Gasteiger charge is -2.07. The number of anilines is 1. The molecule has 8 heteroatoms. The number of carbonyl (C=O) groups excluding carboxylic acids is 1. The minimum Gasteiger partial charge on any atom is -0.383 e. The number of carbonyl (C=O) groups is 1. The molecule has 3 rings (SSSR count). The molecule has 1 aromatic heterocycles. The number of nitrogens with one attached hydrogen (secondary N) is 2. The highest BCUT2D eigenvalue weighted by Gasteiger charge is 2.17. The van der Waals surface area contributed by atoms with E-state index < -0.39 is 10.0 Å². The zero-order valence-electron chi connectivity index (χ0n) is 18.3. The molecule has 0 saturated carbocycles. The van der Waals surface area contributed by atoms with Crippen LogP contribution in [0.5, 0.6) is 0 Å². The first-order chi connectivity index (χ1) is 15.4. The van der Waals surface area contributed by atoms with Crippen LogP contribution >= 0.6 is 11.3 Å². The van der Waals surface area contributed by atoms with Gasteiger partial charge in [0.2, 0.25) is 10.0 Å². The van der Waals surface area contributed by atoms with Gasteiger partial charge >= 0.3 is 0 Å². The number of benzene rings is 2. The van der Waals surface area contributed by atoms with E-state index in [9.17, 15) is 13.2 Å². The van der Waals surface area contributed by atoms with Crippen LogP contribution in [0.15, 0.2) is 64.9 Å². The first kappa shape index (κ1) is 24.1. The van der Waals surface area contributed by atoms with Crippen LogP contribution in [0.3, 0.4) is 0 Å². The van der Waals surface area contributed by atoms with E-state index in [-0.39, 0.29) is 16.7 Å². The fourth-order valence-electron chi connectivity index (χ4n) is 3.09. The first-order valence-electron chi connectivity index (χ1n) is 10.5. The van der Waals surface area contributed by atoms with E-state index in [2.05, 4.69) is 17.0 Å². The summed E-state index contributed by atoms with van der Waals surface area (Å²) < 4.78 is 32.3. The van der Waals surface area contributed by atoms with E-state index in [1.54, 1.807) is 24.3 Å². The molecule has 170 valence electrons. The van der Waals surface area contributed by atoms with Crippen molar-refractivity contribution in [2.24, 2.45) is 0 Å². The number of thiophene rings is 1. The Bertz CT molecular complexity index is 1120. The molecule has 0 bridgehead atoms. The predicted molar refractivity (Wildman–Crippen MR) is 130 cm³/mol. The van der Waals surface area contributed by atoms with Gasteiger partial charge in [0.25, 0.3) is 5.91 Å². The zero-order chi connectivity index (χ0) is 23.0. The Labute approximate surface area is 193 Å². The molecular formula is C24H28N2O4S2. The average molecular weight is 473 g/mol. The summed E-state index contributed by atoms with van der Waals surface area (Å²) in [6, 6.07) is 18.4. The molecule has 3 aromatic rings. The van der Waals surface area contributed by atoms with Gasteiger partial charge in [0.1, 0.15) is 4.21 Å². The van der Waals surface area contributed by atoms with Crippen molar-refractivity contribution in [1.82, 2.24) is 4.72 Å². The number of sulfonamides is 1. The zero-order valence-corrected chi connectivity index (χ0v) is 19.9. The molecule has 0 aliphatic rings. The van der Waals surface area contributed by atoms with Gasteiger partial charge in [0.15, 0.2) is 0 Å². The molecule has 0 atom stereocenters. The summed E-state index contributed by atoms with van der Waals surface area (Å²) in [6.07, 6.45) is 3.35. The van der Waals surface area contributed by atoms with Gasteiger partial charge in [-0.2, -0.15) is 0 Å². The third kappa shape index (κ3) is 6.49. The fraction of sp³-hybridized carbons (Fsp3) is 0.292.